The highest BCUT2D eigenvalue weighted by atomic mass is 16.5. The van der Waals surface area contributed by atoms with E-state index in [2.05, 4.69) is 36.3 Å². The summed E-state index contributed by atoms with van der Waals surface area (Å²) in [6.45, 7) is 10.6. The lowest BCUT2D eigenvalue weighted by molar-refractivity contribution is -0.191. The molecule has 7 nitrogen and oxygen atoms in total. The molecule has 3 heterocycles. The van der Waals surface area contributed by atoms with Crippen LogP contribution in [0.4, 0.5) is 0 Å². The third-order valence-corrected chi connectivity index (χ3v) is 7.06. The van der Waals surface area contributed by atoms with Crippen molar-refractivity contribution < 1.29 is 19.4 Å². The smallest absolute Gasteiger partial charge is 0.270 e. The molecule has 0 radical (unpaired) electrons. The molecule has 2 amide bonds. The van der Waals surface area contributed by atoms with Crippen molar-refractivity contribution >= 4 is 22.7 Å². The van der Waals surface area contributed by atoms with Crippen LogP contribution in [-0.2, 0) is 9.53 Å². The van der Waals surface area contributed by atoms with Crippen LogP contribution in [0.2, 0.25) is 0 Å². The number of piperidine rings is 1. The van der Waals surface area contributed by atoms with E-state index in [0.29, 0.717) is 38.0 Å². The number of aromatic nitrogens is 1. The van der Waals surface area contributed by atoms with Gasteiger partial charge in [0.25, 0.3) is 5.91 Å². The van der Waals surface area contributed by atoms with Crippen molar-refractivity contribution in [2.75, 3.05) is 19.7 Å². The molecule has 4 rings (SSSR count). The maximum Gasteiger partial charge on any atom is 0.270 e. The van der Waals surface area contributed by atoms with Crippen molar-refractivity contribution in [3.8, 4) is 0 Å². The van der Waals surface area contributed by atoms with E-state index in [9.17, 15) is 14.7 Å². The minimum absolute atomic E-state index is 0.0156. The Morgan fingerprint density at radius 2 is 1.90 bits per heavy atom. The number of nitrogens with one attached hydrogen (secondary N) is 2. The van der Waals surface area contributed by atoms with Crippen molar-refractivity contribution in [1.82, 2.24) is 15.2 Å². The Balaban J connectivity index is 1.50. The molecule has 3 N–H and O–H groups in total. The Bertz CT molecular complexity index is 1030. The van der Waals surface area contributed by atoms with Gasteiger partial charge in [-0.2, -0.15) is 0 Å². The summed E-state index contributed by atoms with van der Waals surface area (Å²) in [4.78, 5) is 30.2. The van der Waals surface area contributed by atoms with Crippen molar-refractivity contribution in [2.45, 2.75) is 71.1 Å². The number of nitrogens with zero attached hydrogens (tertiary/aromatic N) is 1. The minimum Gasteiger partial charge on any atom is -0.386 e. The van der Waals surface area contributed by atoms with E-state index >= 15 is 0 Å². The summed E-state index contributed by atoms with van der Waals surface area (Å²) in [5.41, 5.74) is 3.48. The summed E-state index contributed by atoms with van der Waals surface area (Å²) in [7, 11) is 0. The van der Waals surface area contributed by atoms with Crippen LogP contribution in [0.25, 0.3) is 10.9 Å². The van der Waals surface area contributed by atoms with Gasteiger partial charge in [0.2, 0.25) is 5.91 Å². The Morgan fingerprint density at radius 1 is 1.23 bits per heavy atom. The van der Waals surface area contributed by atoms with Gasteiger partial charge in [0, 0.05) is 30.9 Å². The summed E-state index contributed by atoms with van der Waals surface area (Å²) >= 11 is 0. The maximum absolute atomic E-state index is 13.3. The standard InChI is InChI=1S/C24H33N3O4/c1-14-10-15(2)20-18(11-14)16(3)21(26-20)22(29)27-8-6-24(7-9-27)12-19(25-17(4)28)23(5,30)13-31-24/h10-11,19,26,30H,6-9,12-13H2,1-5H3,(H,25,28)/t19-,23-/m0/s1. The molecule has 0 aliphatic carbocycles. The van der Waals surface area contributed by atoms with Crippen molar-refractivity contribution in [3.63, 3.8) is 0 Å². The normalized spacial score (nSPS) is 25.7. The van der Waals surface area contributed by atoms with Gasteiger partial charge < -0.3 is 25.0 Å². The number of amides is 2. The molecule has 2 saturated heterocycles. The lowest BCUT2D eigenvalue weighted by Crippen LogP contribution is -2.64. The molecule has 2 atom stereocenters. The van der Waals surface area contributed by atoms with Crippen LogP contribution >= 0.6 is 0 Å². The first-order valence-electron chi connectivity index (χ1n) is 11.0. The van der Waals surface area contributed by atoms with E-state index in [0.717, 1.165) is 22.0 Å². The quantitative estimate of drug-likeness (QED) is 0.687. The zero-order valence-electron chi connectivity index (χ0n) is 19.1. The highest BCUT2D eigenvalue weighted by molar-refractivity contribution is 6.01. The van der Waals surface area contributed by atoms with Crippen LogP contribution in [0.15, 0.2) is 12.1 Å². The first kappa shape index (κ1) is 21.8. The van der Waals surface area contributed by atoms with E-state index in [1.165, 1.54) is 12.5 Å². The second-order valence-corrected chi connectivity index (χ2v) is 9.71. The summed E-state index contributed by atoms with van der Waals surface area (Å²) in [5, 5.41) is 14.6. The number of carbonyl (C=O) groups is 2. The van der Waals surface area contributed by atoms with Gasteiger partial charge in [0.1, 0.15) is 11.3 Å². The second-order valence-electron chi connectivity index (χ2n) is 9.71. The van der Waals surface area contributed by atoms with Gasteiger partial charge in [-0.25, -0.2) is 0 Å². The van der Waals surface area contributed by atoms with Gasteiger partial charge in [-0.15, -0.1) is 0 Å². The molecular formula is C24H33N3O4. The van der Waals surface area contributed by atoms with E-state index in [1.807, 2.05) is 11.8 Å². The molecule has 1 aromatic heterocycles. The lowest BCUT2D eigenvalue weighted by atomic mass is 9.77. The van der Waals surface area contributed by atoms with Crippen molar-refractivity contribution in [2.24, 2.45) is 0 Å². The predicted molar refractivity (Wildman–Crippen MR) is 119 cm³/mol. The molecule has 2 aliphatic rings. The first-order valence-corrected chi connectivity index (χ1v) is 11.0. The van der Waals surface area contributed by atoms with Crippen LogP contribution in [0, 0.1) is 20.8 Å². The summed E-state index contributed by atoms with van der Waals surface area (Å²) in [6, 6.07) is 3.89. The third-order valence-electron chi connectivity index (χ3n) is 7.06. The first-order chi connectivity index (χ1) is 14.5. The number of benzene rings is 1. The monoisotopic (exact) mass is 427 g/mol. The average Bonchev–Trinajstić information content (AvgIpc) is 3.02. The van der Waals surface area contributed by atoms with Crippen LogP contribution in [0.1, 0.15) is 60.3 Å². The molecule has 1 spiro atoms. The highest BCUT2D eigenvalue weighted by Gasteiger charge is 2.49. The fourth-order valence-corrected chi connectivity index (χ4v) is 5.12. The molecule has 0 saturated carbocycles. The summed E-state index contributed by atoms with van der Waals surface area (Å²) < 4.78 is 6.12. The average molecular weight is 428 g/mol. The number of fused-ring (bicyclic) bond motifs is 1. The zero-order valence-corrected chi connectivity index (χ0v) is 19.1. The molecule has 0 unspecified atom stereocenters. The van der Waals surface area contributed by atoms with Gasteiger partial charge >= 0.3 is 0 Å². The van der Waals surface area contributed by atoms with Crippen molar-refractivity contribution in [3.05, 3.63) is 34.5 Å². The highest BCUT2D eigenvalue weighted by Crippen LogP contribution is 2.39. The fraction of sp³-hybridized carbons (Fsp3) is 0.583. The van der Waals surface area contributed by atoms with Crippen LogP contribution in [0.5, 0.6) is 0 Å². The zero-order chi connectivity index (χ0) is 22.6. The number of rotatable bonds is 2. The Labute approximate surface area is 183 Å². The summed E-state index contributed by atoms with van der Waals surface area (Å²) in [6.07, 6.45) is 1.91. The Morgan fingerprint density at radius 3 is 2.55 bits per heavy atom. The van der Waals surface area contributed by atoms with Crippen LogP contribution < -0.4 is 5.32 Å². The number of hydrogen-bond acceptors (Lipinski definition) is 4. The van der Waals surface area contributed by atoms with Gasteiger partial charge in [-0.3, -0.25) is 9.59 Å². The minimum atomic E-state index is -1.10. The number of ether oxygens (including phenoxy) is 1. The summed E-state index contributed by atoms with van der Waals surface area (Å²) in [5.74, 6) is -0.142. The Hall–Kier alpha value is -2.38. The van der Waals surface area contributed by atoms with Crippen molar-refractivity contribution in [1.29, 1.82) is 0 Å². The number of H-pyrrole nitrogens is 1. The molecule has 31 heavy (non-hydrogen) atoms. The van der Waals surface area contributed by atoms with Crippen LogP contribution in [0.3, 0.4) is 0 Å². The van der Waals surface area contributed by atoms with E-state index < -0.39 is 11.2 Å². The molecule has 2 aromatic rings. The maximum atomic E-state index is 13.3. The molecule has 7 heteroatoms. The van der Waals surface area contributed by atoms with Gasteiger partial charge in [-0.05, 0) is 64.2 Å². The number of carbonyl (C=O) groups excluding carboxylic acids is 2. The van der Waals surface area contributed by atoms with E-state index in [1.54, 1.807) is 6.92 Å². The van der Waals surface area contributed by atoms with Crippen LogP contribution in [-0.4, -0.2) is 63.7 Å². The lowest BCUT2D eigenvalue weighted by Gasteiger charge is -2.50. The number of aryl methyl sites for hydroxylation is 3. The van der Waals surface area contributed by atoms with Gasteiger partial charge in [0.05, 0.1) is 18.2 Å². The van der Waals surface area contributed by atoms with E-state index in [-0.39, 0.29) is 24.5 Å². The number of aliphatic hydroxyl groups is 1. The molecule has 1 aromatic carbocycles. The molecular weight excluding hydrogens is 394 g/mol. The third kappa shape index (κ3) is 3.96. The predicted octanol–water partition coefficient (Wildman–Crippen LogP) is 2.74. The van der Waals surface area contributed by atoms with Gasteiger partial charge in [-0.1, -0.05) is 11.6 Å². The second kappa shape index (κ2) is 7.64. The van der Waals surface area contributed by atoms with E-state index in [4.69, 9.17) is 4.74 Å². The Kier molecular flexibility index (Phi) is 5.38. The molecule has 168 valence electrons. The SMILES string of the molecule is CC(=O)N[C@H]1CC2(CCN(C(=O)c3[nH]c4c(C)cc(C)cc4c3C)CC2)OC[C@]1(C)O. The number of hydrogen-bond donors (Lipinski definition) is 3. The molecule has 2 fully saturated rings. The fourth-order valence-electron chi connectivity index (χ4n) is 5.12. The topological polar surface area (TPSA) is 94.7 Å². The largest absolute Gasteiger partial charge is 0.386 e. The molecule has 0 bridgehead atoms. The van der Waals surface area contributed by atoms with Gasteiger partial charge in [0.15, 0.2) is 0 Å². The number of likely N-dealkylation sites (tertiary alicyclic amines) is 1. The molecule has 2 aliphatic heterocycles. The number of aromatic amines is 1.